The lowest BCUT2D eigenvalue weighted by molar-refractivity contribution is -0.118. The van der Waals surface area contributed by atoms with Crippen molar-refractivity contribution < 1.29 is 4.79 Å². The van der Waals surface area contributed by atoms with Crippen LogP contribution in [0.3, 0.4) is 0 Å². The molecule has 0 fully saturated rings. The predicted molar refractivity (Wildman–Crippen MR) is 93.0 cm³/mol. The average Bonchev–Trinajstić information content (AvgIpc) is 2.54. The summed E-state index contributed by atoms with van der Waals surface area (Å²) >= 11 is 1.92. The number of rotatable bonds is 3. The van der Waals surface area contributed by atoms with E-state index < -0.39 is 0 Å². The number of hydrogen-bond acceptors (Lipinski definition) is 2. The van der Waals surface area contributed by atoms with Gasteiger partial charge in [-0.2, -0.15) is 0 Å². The van der Waals surface area contributed by atoms with E-state index in [0.29, 0.717) is 4.43 Å². The Bertz CT molecular complexity index is 479. The van der Waals surface area contributed by atoms with Crippen LogP contribution in [0.25, 0.3) is 12.2 Å². The summed E-state index contributed by atoms with van der Waals surface area (Å²) in [4.78, 5) is 9.94. The van der Waals surface area contributed by atoms with Crippen LogP contribution in [0, 0.1) is 0 Å². The zero-order valence-electron chi connectivity index (χ0n) is 11.0. The second-order valence-corrected chi connectivity index (χ2v) is 4.62. The fourth-order valence-corrected chi connectivity index (χ4v) is 1.58. The van der Waals surface area contributed by atoms with Crippen molar-refractivity contribution in [1.29, 1.82) is 0 Å². The lowest BCUT2D eigenvalue weighted by Crippen LogP contribution is -2.30. The van der Waals surface area contributed by atoms with Gasteiger partial charge < -0.3 is 0 Å². The SMILES string of the molecule is C(=Cc1ccccc1)c1ccccc1.NNC(=O)CI. The maximum absolute atomic E-state index is 9.94. The average molecular weight is 380 g/mol. The van der Waals surface area contributed by atoms with E-state index in [4.69, 9.17) is 0 Å². The molecule has 2 rings (SSSR count). The van der Waals surface area contributed by atoms with Crippen LogP contribution in [0.4, 0.5) is 0 Å². The van der Waals surface area contributed by atoms with Gasteiger partial charge in [-0.1, -0.05) is 95.4 Å². The first-order valence-electron chi connectivity index (χ1n) is 6.10. The normalized spacial score (nSPS) is 9.70. The molecule has 0 heterocycles. The minimum atomic E-state index is -0.143. The Balaban J connectivity index is 0.000000286. The van der Waals surface area contributed by atoms with Crippen LogP contribution < -0.4 is 11.3 Å². The standard InChI is InChI=1S/C14H12.C2H5IN2O/c1-3-7-13(8-4-1)11-12-14-9-5-2-6-10-14;3-1-2(6)5-4/h1-12H;1,4H2,(H,5,6). The Hall–Kier alpha value is -1.66. The van der Waals surface area contributed by atoms with Crippen LogP contribution >= 0.6 is 22.6 Å². The van der Waals surface area contributed by atoms with Crippen molar-refractivity contribution in [2.75, 3.05) is 4.43 Å². The number of carbonyl (C=O) groups is 1. The van der Waals surface area contributed by atoms with Gasteiger partial charge in [-0.05, 0) is 11.1 Å². The second-order valence-electron chi connectivity index (χ2n) is 3.86. The van der Waals surface area contributed by atoms with Gasteiger partial charge in [-0.3, -0.25) is 10.2 Å². The largest absolute Gasteiger partial charge is 0.294 e. The molecule has 1 amide bonds. The molecule has 0 spiro atoms. The van der Waals surface area contributed by atoms with E-state index in [2.05, 4.69) is 42.3 Å². The van der Waals surface area contributed by atoms with Crippen molar-refractivity contribution in [3.05, 3.63) is 71.8 Å². The molecular weight excluding hydrogens is 363 g/mol. The highest BCUT2D eigenvalue weighted by molar-refractivity contribution is 14.1. The molecule has 0 atom stereocenters. The molecule has 0 aliphatic heterocycles. The summed E-state index contributed by atoms with van der Waals surface area (Å²) in [6.45, 7) is 0. The molecule has 0 radical (unpaired) electrons. The molecule has 0 aliphatic carbocycles. The molecule has 0 bridgehead atoms. The first kappa shape index (κ1) is 16.4. The molecule has 0 aromatic heterocycles. The summed E-state index contributed by atoms with van der Waals surface area (Å²) in [6, 6.07) is 20.6. The Morgan fingerprint density at radius 1 is 0.950 bits per heavy atom. The van der Waals surface area contributed by atoms with Crippen LogP contribution in [0.1, 0.15) is 11.1 Å². The number of benzene rings is 2. The molecule has 2 aromatic rings. The van der Waals surface area contributed by atoms with Crippen LogP contribution in [0.5, 0.6) is 0 Å². The van der Waals surface area contributed by atoms with Gasteiger partial charge in [0.25, 0.3) is 0 Å². The molecule has 4 heteroatoms. The second kappa shape index (κ2) is 10.2. The monoisotopic (exact) mass is 380 g/mol. The topological polar surface area (TPSA) is 55.1 Å². The number of alkyl halides is 1. The molecule has 0 saturated heterocycles. The van der Waals surface area contributed by atoms with Crippen LogP contribution in [-0.4, -0.2) is 10.3 Å². The Kier molecular flexibility index (Phi) is 8.33. The van der Waals surface area contributed by atoms with E-state index in [-0.39, 0.29) is 5.91 Å². The third-order valence-corrected chi connectivity index (χ3v) is 3.04. The maximum atomic E-state index is 9.94. The summed E-state index contributed by atoms with van der Waals surface area (Å²) in [5, 5.41) is 0. The number of hydrazine groups is 1. The summed E-state index contributed by atoms with van der Waals surface area (Å²) in [5.41, 5.74) is 4.43. The lowest BCUT2D eigenvalue weighted by atomic mass is 10.1. The number of carbonyl (C=O) groups excluding carboxylic acids is 1. The van der Waals surface area contributed by atoms with Crippen LogP contribution in [0.15, 0.2) is 60.7 Å². The van der Waals surface area contributed by atoms with E-state index in [1.807, 2.05) is 64.4 Å². The van der Waals surface area contributed by atoms with Crippen LogP contribution in [-0.2, 0) is 4.79 Å². The number of nitrogens with two attached hydrogens (primary N) is 1. The van der Waals surface area contributed by atoms with E-state index in [1.54, 1.807) is 0 Å². The third kappa shape index (κ3) is 7.06. The first-order valence-corrected chi connectivity index (χ1v) is 7.62. The van der Waals surface area contributed by atoms with Crippen molar-refractivity contribution in [3.63, 3.8) is 0 Å². The van der Waals surface area contributed by atoms with E-state index in [0.717, 1.165) is 0 Å². The third-order valence-electron chi connectivity index (χ3n) is 2.35. The van der Waals surface area contributed by atoms with Gasteiger partial charge in [0.05, 0.1) is 4.43 Å². The number of halogens is 1. The number of hydrogen-bond donors (Lipinski definition) is 2. The minimum absolute atomic E-state index is 0.143. The first-order chi connectivity index (χ1) is 9.76. The fraction of sp³-hybridized carbons (Fsp3) is 0.0625. The molecule has 20 heavy (non-hydrogen) atoms. The number of nitrogens with one attached hydrogen (secondary N) is 1. The van der Waals surface area contributed by atoms with Crippen molar-refractivity contribution >= 4 is 40.7 Å². The smallest absolute Gasteiger partial charge is 0.243 e. The molecule has 0 aliphatic rings. The van der Waals surface area contributed by atoms with Gasteiger partial charge in [0.2, 0.25) is 5.91 Å². The summed E-state index contributed by atoms with van der Waals surface area (Å²) in [5.74, 6) is 4.54. The van der Waals surface area contributed by atoms with Crippen molar-refractivity contribution in [1.82, 2.24) is 5.43 Å². The van der Waals surface area contributed by atoms with Gasteiger partial charge >= 0.3 is 0 Å². The zero-order valence-corrected chi connectivity index (χ0v) is 13.2. The maximum Gasteiger partial charge on any atom is 0.243 e. The van der Waals surface area contributed by atoms with Gasteiger partial charge in [-0.25, -0.2) is 5.84 Å². The molecular formula is C16H17IN2O. The van der Waals surface area contributed by atoms with Gasteiger partial charge in [0, 0.05) is 0 Å². The van der Waals surface area contributed by atoms with E-state index in [1.165, 1.54) is 11.1 Å². The Labute approximate surface area is 133 Å². The highest BCUT2D eigenvalue weighted by Crippen LogP contribution is 2.06. The van der Waals surface area contributed by atoms with E-state index in [9.17, 15) is 4.79 Å². The van der Waals surface area contributed by atoms with Crippen LogP contribution in [0.2, 0.25) is 0 Å². The highest BCUT2D eigenvalue weighted by atomic mass is 127. The number of amides is 1. The predicted octanol–water partition coefficient (Wildman–Crippen LogP) is 3.27. The molecule has 0 saturated carbocycles. The molecule has 3 N–H and O–H groups in total. The lowest BCUT2D eigenvalue weighted by Gasteiger charge is -1.92. The Morgan fingerprint density at radius 3 is 1.60 bits per heavy atom. The highest BCUT2D eigenvalue weighted by Gasteiger charge is 1.87. The molecule has 0 unspecified atom stereocenters. The fourth-order valence-electron chi connectivity index (χ4n) is 1.36. The van der Waals surface area contributed by atoms with Crippen molar-refractivity contribution in [2.45, 2.75) is 0 Å². The van der Waals surface area contributed by atoms with Crippen molar-refractivity contribution in [3.8, 4) is 0 Å². The van der Waals surface area contributed by atoms with Gasteiger partial charge in [0.15, 0.2) is 0 Å². The quantitative estimate of drug-likeness (QED) is 0.215. The summed E-state index contributed by atoms with van der Waals surface area (Å²) < 4.78 is 0.425. The molecule has 104 valence electrons. The molecule has 2 aromatic carbocycles. The van der Waals surface area contributed by atoms with E-state index >= 15 is 0 Å². The van der Waals surface area contributed by atoms with Gasteiger partial charge in [-0.15, -0.1) is 0 Å². The van der Waals surface area contributed by atoms with Crippen molar-refractivity contribution in [2.24, 2.45) is 5.84 Å². The summed E-state index contributed by atoms with van der Waals surface area (Å²) in [6.07, 6.45) is 4.24. The zero-order chi connectivity index (χ0) is 14.6. The molecule has 3 nitrogen and oxygen atoms in total. The summed E-state index contributed by atoms with van der Waals surface area (Å²) in [7, 11) is 0. The van der Waals surface area contributed by atoms with Gasteiger partial charge in [0.1, 0.15) is 0 Å². The Morgan fingerprint density at radius 2 is 1.35 bits per heavy atom. The minimum Gasteiger partial charge on any atom is -0.294 e.